The van der Waals surface area contributed by atoms with Gasteiger partial charge in [0.15, 0.2) is 0 Å². The van der Waals surface area contributed by atoms with Gasteiger partial charge in [-0.15, -0.1) is 11.6 Å². The van der Waals surface area contributed by atoms with Crippen LogP contribution in [0.2, 0.25) is 0 Å². The molecule has 0 fully saturated rings. The Morgan fingerprint density at radius 2 is 2.07 bits per heavy atom. The van der Waals surface area contributed by atoms with Crippen LogP contribution in [-0.2, 0) is 4.79 Å². The van der Waals surface area contributed by atoms with Gasteiger partial charge in [0, 0.05) is 6.42 Å². The molecule has 14 heavy (non-hydrogen) atoms. The lowest BCUT2D eigenvalue weighted by atomic mass is 10.1. The van der Waals surface area contributed by atoms with Gasteiger partial charge in [0.1, 0.15) is 5.75 Å². The summed E-state index contributed by atoms with van der Waals surface area (Å²) in [6.45, 7) is 0. The molecule has 0 spiro atoms. The lowest BCUT2D eigenvalue weighted by Crippen LogP contribution is -2.12. The highest BCUT2D eigenvalue weighted by molar-refractivity contribution is 6.21. The van der Waals surface area contributed by atoms with Gasteiger partial charge in [0.2, 0.25) is 5.91 Å². The average Bonchev–Trinajstić information content (AvgIpc) is 2.17. The second-order valence-electron chi connectivity index (χ2n) is 2.91. The van der Waals surface area contributed by atoms with Gasteiger partial charge in [-0.3, -0.25) is 4.79 Å². The maximum Gasteiger partial charge on any atom is 0.219 e. The van der Waals surface area contributed by atoms with Crippen LogP contribution in [0.15, 0.2) is 24.3 Å². The van der Waals surface area contributed by atoms with Crippen LogP contribution >= 0.6 is 11.6 Å². The predicted molar refractivity (Wildman–Crippen MR) is 55.4 cm³/mol. The predicted octanol–water partition coefficient (Wildman–Crippen LogP) is 1.85. The summed E-state index contributed by atoms with van der Waals surface area (Å²) in [6.07, 6.45) is 0.147. The van der Waals surface area contributed by atoms with Gasteiger partial charge in [-0.05, 0) is 17.7 Å². The Morgan fingerprint density at radius 3 is 2.50 bits per heavy atom. The topological polar surface area (TPSA) is 52.3 Å². The number of amides is 1. The second kappa shape index (κ2) is 4.86. The summed E-state index contributed by atoms with van der Waals surface area (Å²) in [4.78, 5) is 10.6. The third kappa shape index (κ3) is 2.92. The Morgan fingerprint density at radius 1 is 1.50 bits per heavy atom. The molecule has 0 saturated carbocycles. The molecule has 1 amide bonds. The van der Waals surface area contributed by atoms with Gasteiger partial charge in [0.25, 0.3) is 0 Å². The molecule has 1 unspecified atom stereocenters. The largest absolute Gasteiger partial charge is 0.497 e. The van der Waals surface area contributed by atoms with Crippen molar-refractivity contribution >= 4 is 17.5 Å². The number of primary amides is 1. The second-order valence-corrected chi connectivity index (χ2v) is 3.44. The van der Waals surface area contributed by atoms with Crippen molar-refractivity contribution in [1.29, 1.82) is 0 Å². The fourth-order valence-electron chi connectivity index (χ4n) is 1.11. The van der Waals surface area contributed by atoms with Gasteiger partial charge >= 0.3 is 0 Å². The first kappa shape index (κ1) is 10.9. The van der Waals surface area contributed by atoms with Crippen molar-refractivity contribution in [2.75, 3.05) is 7.11 Å². The van der Waals surface area contributed by atoms with Crippen LogP contribution < -0.4 is 10.5 Å². The molecule has 3 nitrogen and oxygen atoms in total. The number of alkyl halides is 1. The van der Waals surface area contributed by atoms with Crippen LogP contribution in [0.3, 0.4) is 0 Å². The molecule has 0 radical (unpaired) electrons. The summed E-state index contributed by atoms with van der Waals surface area (Å²) in [5.41, 5.74) is 5.91. The summed E-state index contributed by atoms with van der Waals surface area (Å²) in [6, 6.07) is 7.23. The van der Waals surface area contributed by atoms with E-state index in [1.165, 1.54) is 0 Å². The average molecular weight is 214 g/mol. The molecular weight excluding hydrogens is 202 g/mol. The van der Waals surface area contributed by atoms with E-state index in [0.29, 0.717) is 0 Å². The first-order valence-corrected chi connectivity index (χ1v) is 4.63. The van der Waals surface area contributed by atoms with Crippen LogP contribution in [0.25, 0.3) is 0 Å². The number of carbonyl (C=O) groups is 1. The molecule has 0 aliphatic heterocycles. The number of hydrogen-bond acceptors (Lipinski definition) is 2. The highest BCUT2D eigenvalue weighted by Crippen LogP contribution is 2.25. The number of rotatable bonds is 4. The Bertz CT molecular complexity index is 310. The number of benzene rings is 1. The van der Waals surface area contributed by atoms with Crippen molar-refractivity contribution in [2.24, 2.45) is 5.73 Å². The standard InChI is InChI=1S/C10H12ClNO2/c1-14-8-4-2-7(3-5-8)9(11)6-10(12)13/h2-5,9H,6H2,1H3,(H2,12,13). The molecule has 0 aliphatic rings. The number of ether oxygens (including phenoxy) is 1. The summed E-state index contributed by atoms with van der Waals surface area (Å²) < 4.78 is 5.00. The molecule has 0 bridgehead atoms. The van der Waals surface area contributed by atoms with Crippen molar-refractivity contribution in [3.05, 3.63) is 29.8 Å². The summed E-state index contributed by atoms with van der Waals surface area (Å²) in [7, 11) is 1.59. The molecule has 0 aromatic heterocycles. The lowest BCUT2D eigenvalue weighted by Gasteiger charge is -2.07. The Hall–Kier alpha value is -1.22. The quantitative estimate of drug-likeness (QED) is 0.777. The molecule has 0 heterocycles. The number of hydrogen-bond donors (Lipinski definition) is 1. The van der Waals surface area contributed by atoms with Crippen LogP contribution in [0, 0.1) is 0 Å². The molecule has 2 N–H and O–H groups in total. The van der Waals surface area contributed by atoms with E-state index in [1.54, 1.807) is 19.2 Å². The third-order valence-electron chi connectivity index (χ3n) is 1.86. The molecule has 0 saturated heterocycles. The smallest absolute Gasteiger partial charge is 0.219 e. The monoisotopic (exact) mass is 213 g/mol. The van der Waals surface area contributed by atoms with Gasteiger partial charge < -0.3 is 10.5 Å². The van der Waals surface area contributed by atoms with Crippen molar-refractivity contribution in [2.45, 2.75) is 11.8 Å². The molecule has 1 aromatic rings. The maximum atomic E-state index is 10.6. The Balaban J connectivity index is 2.71. The minimum Gasteiger partial charge on any atom is -0.497 e. The summed E-state index contributed by atoms with van der Waals surface area (Å²) in [5, 5.41) is -0.363. The minimum absolute atomic E-state index is 0.147. The van der Waals surface area contributed by atoms with Crippen molar-refractivity contribution in [3.63, 3.8) is 0 Å². The first-order valence-electron chi connectivity index (χ1n) is 4.20. The van der Waals surface area contributed by atoms with E-state index in [4.69, 9.17) is 22.1 Å². The summed E-state index contributed by atoms with van der Waals surface area (Å²) in [5.74, 6) is 0.359. The van der Waals surface area contributed by atoms with Gasteiger partial charge in [-0.2, -0.15) is 0 Å². The molecule has 1 atom stereocenters. The number of methoxy groups -OCH3 is 1. The van der Waals surface area contributed by atoms with Crippen LogP contribution in [0.5, 0.6) is 5.75 Å². The van der Waals surface area contributed by atoms with E-state index in [0.717, 1.165) is 11.3 Å². The van der Waals surface area contributed by atoms with E-state index >= 15 is 0 Å². The van der Waals surface area contributed by atoms with E-state index < -0.39 is 5.91 Å². The lowest BCUT2D eigenvalue weighted by molar-refractivity contribution is -0.118. The zero-order valence-electron chi connectivity index (χ0n) is 7.87. The first-order chi connectivity index (χ1) is 6.63. The Labute approximate surface area is 87.8 Å². The third-order valence-corrected chi connectivity index (χ3v) is 2.26. The van der Waals surface area contributed by atoms with E-state index in [2.05, 4.69) is 0 Å². The van der Waals surface area contributed by atoms with Gasteiger partial charge in [-0.1, -0.05) is 12.1 Å². The highest BCUT2D eigenvalue weighted by Gasteiger charge is 2.10. The summed E-state index contributed by atoms with van der Waals surface area (Å²) >= 11 is 5.96. The van der Waals surface area contributed by atoms with E-state index in [9.17, 15) is 4.79 Å². The SMILES string of the molecule is COc1ccc(C(Cl)CC(N)=O)cc1. The van der Waals surface area contributed by atoms with Crippen molar-refractivity contribution in [1.82, 2.24) is 0 Å². The van der Waals surface area contributed by atoms with Gasteiger partial charge in [0.05, 0.1) is 12.5 Å². The Kier molecular flexibility index (Phi) is 3.77. The molecular formula is C10H12ClNO2. The molecule has 1 aromatic carbocycles. The highest BCUT2D eigenvalue weighted by atomic mass is 35.5. The van der Waals surface area contributed by atoms with E-state index in [-0.39, 0.29) is 11.8 Å². The van der Waals surface area contributed by atoms with E-state index in [1.807, 2.05) is 12.1 Å². The van der Waals surface area contributed by atoms with Crippen LogP contribution in [0.1, 0.15) is 17.4 Å². The normalized spacial score (nSPS) is 12.1. The maximum absolute atomic E-state index is 10.6. The van der Waals surface area contributed by atoms with Crippen molar-refractivity contribution < 1.29 is 9.53 Å². The fourth-order valence-corrected chi connectivity index (χ4v) is 1.40. The van der Waals surface area contributed by atoms with Crippen LogP contribution in [-0.4, -0.2) is 13.0 Å². The zero-order valence-corrected chi connectivity index (χ0v) is 8.62. The number of nitrogens with two attached hydrogens (primary N) is 1. The zero-order chi connectivity index (χ0) is 10.6. The minimum atomic E-state index is -0.402. The van der Waals surface area contributed by atoms with Gasteiger partial charge in [-0.25, -0.2) is 0 Å². The van der Waals surface area contributed by atoms with Crippen molar-refractivity contribution in [3.8, 4) is 5.75 Å². The molecule has 4 heteroatoms. The fraction of sp³-hybridized carbons (Fsp3) is 0.300. The molecule has 76 valence electrons. The number of carbonyl (C=O) groups excluding carboxylic acids is 1. The molecule has 0 aliphatic carbocycles. The molecule has 1 rings (SSSR count). The van der Waals surface area contributed by atoms with Crippen LogP contribution in [0.4, 0.5) is 0 Å². The number of halogens is 1.